The maximum Gasteiger partial charge on any atom is 0.159 e. The number of hydrogen-bond donors (Lipinski definition) is 1. The summed E-state index contributed by atoms with van der Waals surface area (Å²) < 4.78 is 1.91. The van der Waals surface area contributed by atoms with Crippen LogP contribution in [0, 0.1) is 0 Å². The second-order valence-corrected chi connectivity index (χ2v) is 3.44. The lowest BCUT2D eigenvalue weighted by Crippen LogP contribution is -2.26. The van der Waals surface area contributed by atoms with Crippen molar-refractivity contribution < 1.29 is 5.11 Å². The van der Waals surface area contributed by atoms with Gasteiger partial charge in [-0.1, -0.05) is 6.92 Å². The third-order valence-corrected chi connectivity index (χ3v) is 2.28. The van der Waals surface area contributed by atoms with Crippen LogP contribution in [-0.2, 0) is 12.1 Å². The van der Waals surface area contributed by atoms with Crippen molar-refractivity contribution in [2.45, 2.75) is 39.3 Å². The molecule has 1 aromatic rings. The average Bonchev–Trinajstić information content (AvgIpc) is 2.52. The lowest BCUT2D eigenvalue weighted by atomic mass is 10.0. The highest BCUT2D eigenvalue weighted by Crippen LogP contribution is 2.19. The number of nitrogens with zero attached hydrogens (tertiary/aromatic N) is 3. The molecule has 0 saturated carbocycles. The molecule has 1 N–H and O–H groups in total. The van der Waals surface area contributed by atoms with Gasteiger partial charge in [-0.05, 0) is 20.3 Å². The number of aromatic nitrogens is 3. The number of aliphatic hydroxyl groups is 1. The van der Waals surface area contributed by atoms with Crippen LogP contribution in [0.4, 0.5) is 0 Å². The first-order chi connectivity index (χ1) is 5.61. The lowest BCUT2D eigenvalue weighted by molar-refractivity contribution is 0.241. The summed E-state index contributed by atoms with van der Waals surface area (Å²) >= 11 is 0. The van der Waals surface area contributed by atoms with Gasteiger partial charge in [0.2, 0.25) is 0 Å². The molecule has 0 atom stereocenters. The van der Waals surface area contributed by atoms with Crippen molar-refractivity contribution in [3.8, 4) is 0 Å². The van der Waals surface area contributed by atoms with E-state index in [1.807, 2.05) is 4.57 Å². The van der Waals surface area contributed by atoms with Crippen LogP contribution in [0.15, 0.2) is 6.33 Å². The largest absolute Gasteiger partial charge is 0.388 e. The summed E-state index contributed by atoms with van der Waals surface area (Å²) in [5.74, 6) is 0.627. The van der Waals surface area contributed by atoms with Crippen molar-refractivity contribution in [3.05, 3.63) is 12.2 Å². The maximum atomic E-state index is 8.94. The van der Waals surface area contributed by atoms with Crippen LogP contribution in [0.2, 0.25) is 0 Å². The topological polar surface area (TPSA) is 50.9 Å². The molecule has 68 valence electrons. The van der Waals surface area contributed by atoms with E-state index in [1.54, 1.807) is 6.33 Å². The average molecular weight is 169 g/mol. The predicted octanol–water partition coefficient (Wildman–Crippen LogP) is 0.915. The van der Waals surface area contributed by atoms with E-state index < -0.39 is 0 Å². The molecule has 0 fully saturated rings. The SMILES string of the molecule is CCC(C)(C)n1cnnc1CO. The Kier molecular flexibility index (Phi) is 2.47. The third-order valence-electron chi connectivity index (χ3n) is 2.28. The second kappa shape index (κ2) is 3.23. The Labute approximate surface area is 72.2 Å². The molecule has 0 bridgehead atoms. The Morgan fingerprint density at radius 3 is 2.75 bits per heavy atom. The highest BCUT2D eigenvalue weighted by atomic mass is 16.3. The summed E-state index contributed by atoms with van der Waals surface area (Å²) in [5, 5.41) is 16.5. The van der Waals surface area contributed by atoms with Crippen molar-refractivity contribution in [3.63, 3.8) is 0 Å². The molecule has 0 amide bonds. The lowest BCUT2D eigenvalue weighted by Gasteiger charge is -2.25. The number of rotatable bonds is 3. The van der Waals surface area contributed by atoms with E-state index in [9.17, 15) is 0 Å². The van der Waals surface area contributed by atoms with Crippen LogP contribution in [0.1, 0.15) is 33.0 Å². The zero-order chi connectivity index (χ0) is 9.19. The molecule has 0 saturated heterocycles. The molecule has 4 nitrogen and oxygen atoms in total. The van der Waals surface area contributed by atoms with Gasteiger partial charge in [0.15, 0.2) is 5.82 Å². The molecule has 0 aliphatic carbocycles. The van der Waals surface area contributed by atoms with E-state index in [-0.39, 0.29) is 12.1 Å². The van der Waals surface area contributed by atoms with Crippen LogP contribution < -0.4 is 0 Å². The highest BCUT2D eigenvalue weighted by molar-refractivity contribution is 4.91. The van der Waals surface area contributed by atoms with E-state index in [0.717, 1.165) is 6.42 Å². The summed E-state index contributed by atoms with van der Waals surface area (Å²) in [6.07, 6.45) is 2.65. The summed E-state index contributed by atoms with van der Waals surface area (Å²) in [5.41, 5.74) is -0.0123. The van der Waals surface area contributed by atoms with Gasteiger partial charge in [-0.25, -0.2) is 0 Å². The summed E-state index contributed by atoms with van der Waals surface area (Å²) in [6, 6.07) is 0. The first-order valence-electron chi connectivity index (χ1n) is 4.12. The van der Waals surface area contributed by atoms with Crippen LogP contribution in [0.5, 0.6) is 0 Å². The van der Waals surface area contributed by atoms with E-state index in [1.165, 1.54) is 0 Å². The normalized spacial score (nSPS) is 12.0. The van der Waals surface area contributed by atoms with Gasteiger partial charge in [0.1, 0.15) is 12.9 Å². The molecule has 1 rings (SSSR count). The number of hydrogen-bond acceptors (Lipinski definition) is 3. The Morgan fingerprint density at radius 2 is 2.25 bits per heavy atom. The maximum absolute atomic E-state index is 8.94. The minimum absolute atomic E-state index is 0.0123. The van der Waals surface area contributed by atoms with Gasteiger partial charge in [-0.15, -0.1) is 10.2 Å². The molecule has 1 aromatic heterocycles. The number of aliphatic hydroxyl groups excluding tert-OH is 1. The van der Waals surface area contributed by atoms with Crippen molar-refractivity contribution >= 4 is 0 Å². The first kappa shape index (κ1) is 9.19. The van der Waals surface area contributed by atoms with Gasteiger partial charge < -0.3 is 9.67 Å². The molecule has 0 aromatic carbocycles. The Balaban J connectivity index is 3.00. The summed E-state index contributed by atoms with van der Waals surface area (Å²) in [7, 11) is 0. The minimum Gasteiger partial charge on any atom is -0.388 e. The van der Waals surface area contributed by atoms with Crippen molar-refractivity contribution in [2.75, 3.05) is 0 Å². The van der Waals surface area contributed by atoms with Gasteiger partial charge in [0.25, 0.3) is 0 Å². The van der Waals surface area contributed by atoms with Crippen molar-refractivity contribution in [2.24, 2.45) is 0 Å². The van der Waals surface area contributed by atoms with E-state index >= 15 is 0 Å². The van der Waals surface area contributed by atoms with Crippen molar-refractivity contribution in [1.29, 1.82) is 0 Å². The van der Waals surface area contributed by atoms with Crippen LogP contribution >= 0.6 is 0 Å². The molecule has 0 aliphatic heterocycles. The fourth-order valence-corrected chi connectivity index (χ4v) is 1.04. The molecule has 12 heavy (non-hydrogen) atoms. The predicted molar refractivity (Wildman–Crippen MR) is 45.6 cm³/mol. The Hall–Kier alpha value is -0.900. The fourth-order valence-electron chi connectivity index (χ4n) is 1.04. The van der Waals surface area contributed by atoms with Crippen LogP contribution in [-0.4, -0.2) is 19.9 Å². The zero-order valence-corrected chi connectivity index (χ0v) is 7.78. The van der Waals surface area contributed by atoms with E-state index in [2.05, 4.69) is 31.0 Å². The zero-order valence-electron chi connectivity index (χ0n) is 7.78. The molecule has 0 aliphatic rings. The molecule has 0 radical (unpaired) electrons. The van der Waals surface area contributed by atoms with Gasteiger partial charge in [0, 0.05) is 5.54 Å². The second-order valence-electron chi connectivity index (χ2n) is 3.44. The Morgan fingerprint density at radius 1 is 1.58 bits per heavy atom. The van der Waals surface area contributed by atoms with Gasteiger partial charge in [-0.2, -0.15) is 0 Å². The smallest absolute Gasteiger partial charge is 0.159 e. The highest BCUT2D eigenvalue weighted by Gasteiger charge is 2.20. The first-order valence-corrected chi connectivity index (χ1v) is 4.12. The molecule has 4 heteroatoms. The molecule has 1 heterocycles. The van der Waals surface area contributed by atoms with E-state index in [4.69, 9.17) is 5.11 Å². The third kappa shape index (κ3) is 1.48. The molecule has 0 spiro atoms. The van der Waals surface area contributed by atoms with Crippen LogP contribution in [0.25, 0.3) is 0 Å². The van der Waals surface area contributed by atoms with Crippen molar-refractivity contribution in [1.82, 2.24) is 14.8 Å². The fraction of sp³-hybridized carbons (Fsp3) is 0.750. The van der Waals surface area contributed by atoms with Gasteiger partial charge in [0.05, 0.1) is 0 Å². The monoisotopic (exact) mass is 169 g/mol. The molecular formula is C8H15N3O. The minimum atomic E-state index is -0.0522. The summed E-state index contributed by atoms with van der Waals surface area (Å²) in [4.78, 5) is 0. The standard InChI is InChI=1S/C8H15N3O/c1-4-8(2,3)11-6-9-10-7(11)5-12/h6,12H,4-5H2,1-3H3. The summed E-state index contributed by atoms with van der Waals surface area (Å²) in [6.45, 7) is 6.23. The quantitative estimate of drug-likeness (QED) is 0.731. The molecular weight excluding hydrogens is 154 g/mol. The van der Waals surface area contributed by atoms with E-state index in [0.29, 0.717) is 5.82 Å². The van der Waals surface area contributed by atoms with Gasteiger partial charge in [-0.3, -0.25) is 0 Å². The van der Waals surface area contributed by atoms with Gasteiger partial charge >= 0.3 is 0 Å². The van der Waals surface area contributed by atoms with Crippen LogP contribution in [0.3, 0.4) is 0 Å². The molecule has 0 unspecified atom stereocenters. The Bertz CT molecular complexity index is 255.